The third-order valence-corrected chi connectivity index (χ3v) is 4.65. The van der Waals surface area contributed by atoms with E-state index in [1.54, 1.807) is 25.1 Å². The van der Waals surface area contributed by atoms with Gasteiger partial charge < -0.3 is 19.1 Å². The number of carbonyl (C=O) groups is 1. The van der Waals surface area contributed by atoms with Gasteiger partial charge in [0.25, 0.3) is 5.91 Å². The number of benzene rings is 3. The van der Waals surface area contributed by atoms with Crippen LogP contribution in [0, 0.1) is 0 Å². The first-order chi connectivity index (χ1) is 14.6. The van der Waals surface area contributed by atoms with E-state index in [1.807, 2.05) is 73.7 Å². The Hall–Kier alpha value is -3.47. The van der Waals surface area contributed by atoms with E-state index >= 15 is 0 Å². The lowest BCUT2D eigenvalue weighted by Gasteiger charge is -2.20. The van der Waals surface area contributed by atoms with Crippen molar-refractivity contribution in [1.82, 2.24) is 4.90 Å². The SMILES string of the molecule is CCOc1ccc(CN(C)C(=O)c2ccccc2OCc2ccccc2)cc1OC. The molecule has 3 aromatic carbocycles. The van der Waals surface area contributed by atoms with Crippen LogP contribution in [0.25, 0.3) is 0 Å². The van der Waals surface area contributed by atoms with Gasteiger partial charge >= 0.3 is 0 Å². The van der Waals surface area contributed by atoms with Crippen molar-refractivity contribution in [2.75, 3.05) is 20.8 Å². The zero-order valence-electron chi connectivity index (χ0n) is 17.6. The molecule has 0 saturated carbocycles. The summed E-state index contributed by atoms with van der Waals surface area (Å²) in [6.07, 6.45) is 0. The van der Waals surface area contributed by atoms with Crippen molar-refractivity contribution in [2.45, 2.75) is 20.1 Å². The lowest BCUT2D eigenvalue weighted by molar-refractivity contribution is 0.0780. The van der Waals surface area contributed by atoms with Gasteiger partial charge in [-0.2, -0.15) is 0 Å². The summed E-state index contributed by atoms with van der Waals surface area (Å²) in [6.45, 7) is 3.34. The maximum Gasteiger partial charge on any atom is 0.257 e. The highest BCUT2D eigenvalue weighted by Crippen LogP contribution is 2.29. The molecule has 5 heteroatoms. The van der Waals surface area contributed by atoms with Gasteiger partial charge in [0.05, 0.1) is 19.3 Å². The minimum atomic E-state index is -0.105. The topological polar surface area (TPSA) is 48.0 Å². The Balaban J connectivity index is 1.72. The van der Waals surface area contributed by atoms with Crippen molar-refractivity contribution in [3.05, 3.63) is 89.5 Å². The summed E-state index contributed by atoms with van der Waals surface area (Å²) in [5.41, 5.74) is 2.54. The largest absolute Gasteiger partial charge is 0.493 e. The second-order valence-electron chi connectivity index (χ2n) is 6.85. The number of nitrogens with zero attached hydrogens (tertiary/aromatic N) is 1. The molecule has 1 amide bonds. The second-order valence-corrected chi connectivity index (χ2v) is 6.85. The zero-order chi connectivity index (χ0) is 21.3. The van der Waals surface area contributed by atoms with E-state index in [0.29, 0.717) is 42.6 Å². The summed E-state index contributed by atoms with van der Waals surface area (Å²) < 4.78 is 16.9. The molecular formula is C25H27NO4. The van der Waals surface area contributed by atoms with Crippen molar-refractivity contribution in [3.8, 4) is 17.2 Å². The number of rotatable bonds is 9. The predicted octanol–water partition coefficient (Wildman–Crippen LogP) is 4.95. The fraction of sp³-hybridized carbons (Fsp3) is 0.240. The van der Waals surface area contributed by atoms with Crippen LogP contribution < -0.4 is 14.2 Å². The van der Waals surface area contributed by atoms with Crippen LogP contribution in [0.4, 0.5) is 0 Å². The molecule has 0 bridgehead atoms. The van der Waals surface area contributed by atoms with Gasteiger partial charge in [-0.15, -0.1) is 0 Å². The summed E-state index contributed by atoms with van der Waals surface area (Å²) in [5, 5.41) is 0. The Labute approximate surface area is 177 Å². The Morgan fingerprint density at radius 2 is 1.57 bits per heavy atom. The Morgan fingerprint density at radius 1 is 0.833 bits per heavy atom. The first kappa shape index (κ1) is 21.2. The highest BCUT2D eigenvalue weighted by molar-refractivity contribution is 5.96. The van der Waals surface area contributed by atoms with Gasteiger partial charge in [-0.05, 0) is 42.3 Å². The second kappa shape index (κ2) is 10.3. The molecule has 0 heterocycles. The number of hydrogen-bond acceptors (Lipinski definition) is 4. The monoisotopic (exact) mass is 405 g/mol. The average molecular weight is 405 g/mol. The lowest BCUT2D eigenvalue weighted by atomic mass is 10.1. The first-order valence-corrected chi connectivity index (χ1v) is 9.93. The summed E-state index contributed by atoms with van der Waals surface area (Å²) in [5.74, 6) is 1.81. The third-order valence-electron chi connectivity index (χ3n) is 4.65. The molecule has 0 aliphatic rings. The van der Waals surface area contributed by atoms with E-state index in [4.69, 9.17) is 14.2 Å². The van der Waals surface area contributed by atoms with E-state index in [2.05, 4.69) is 0 Å². The van der Waals surface area contributed by atoms with Gasteiger partial charge in [0.15, 0.2) is 11.5 Å². The zero-order valence-corrected chi connectivity index (χ0v) is 17.6. The number of amides is 1. The summed E-state index contributed by atoms with van der Waals surface area (Å²) >= 11 is 0. The minimum absolute atomic E-state index is 0.105. The van der Waals surface area contributed by atoms with E-state index in [1.165, 1.54) is 0 Å². The van der Waals surface area contributed by atoms with Crippen LogP contribution >= 0.6 is 0 Å². The van der Waals surface area contributed by atoms with Crippen molar-refractivity contribution in [3.63, 3.8) is 0 Å². The van der Waals surface area contributed by atoms with Gasteiger partial charge in [0, 0.05) is 13.6 Å². The fourth-order valence-corrected chi connectivity index (χ4v) is 3.14. The molecule has 0 radical (unpaired) electrons. The molecule has 156 valence electrons. The van der Waals surface area contributed by atoms with Gasteiger partial charge in [-0.3, -0.25) is 4.79 Å². The third kappa shape index (κ3) is 5.32. The molecule has 5 nitrogen and oxygen atoms in total. The molecule has 0 aromatic heterocycles. The van der Waals surface area contributed by atoms with Crippen LogP contribution in [-0.4, -0.2) is 31.6 Å². The maximum atomic E-state index is 13.1. The lowest BCUT2D eigenvalue weighted by Crippen LogP contribution is -2.26. The van der Waals surface area contributed by atoms with E-state index < -0.39 is 0 Å². The van der Waals surface area contributed by atoms with Crippen LogP contribution in [0.5, 0.6) is 17.2 Å². The molecule has 0 fully saturated rings. The summed E-state index contributed by atoms with van der Waals surface area (Å²) in [6, 6.07) is 22.9. The maximum absolute atomic E-state index is 13.1. The highest BCUT2D eigenvalue weighted by atomic mass is 16.5. The predicted molar refractivity (Wildman–Crippen MR) is 117 cm³/mol. The summed E-state index contributed by atoms with van der Waals surface area (Å²) in [4.78, 5) is 14.8. The van der Waals surface area contributed by atoms with Gasteiger partial charge in [-0.25, -0.2) is 0 Å². The van der Waals surface area contributed by atoms with Crippen molar-refractivity contribution in [1.29, 1.82) is 0 Å². The van der Waals surface area contributed by atoms with E-state index in [-0.39, 0.29) is 5.91 Å². The number of hydrogen-bond donors (Lipinski definition) is 0. The number of methoxy groups -OCH3 is 1. The number of ether oxygens (including phenoxy) is 3. The molecular weight excluding hydrogens is 378 g/mol. The quantitative estimate of drug-likeness (QED) is 0.506. The Bertz CT molecular complexity index is 972. The van der Waals surface area contributed by atoms with Gasteiger partial charge in [0.2, 0.25) is 0 Å². The molecule has 0 spiro atoms. The van der Waals surface area contributed by atoms with Crippen molar-refractivity contribution >= 4 is 5.91 Å². The summed E-state index contributed by atoms with van der Waals surface area (Å²) in [7, 11) is 3.38. The smallest absolute Gasteiger partial charge is 0.257 e. The van der Waals surface area contributed by atoms with Crippen molar-refractivity contribution < 1.29 is 19.0 Å². The molecule has 30 heavy (non-hydrogen) atoms. The first-order valence-electron chi connectivity index (χ1n) is 9.93. The van der Waals surface area contributed by atoms with Crippen molar-refractivity contribution in [2.24, 2.45) is 0 Å². The molecule has 0 aliphatic heterocycles. The Morgan fingerprint density at radius 3 is 2.30 bits per heavy atom. The van der Waals surface area contributed by atoms with Gasteiger partial charge in [0.1, 0.15) is 12.4 Å². The van der Waals surface area contributed by atoms with Gasteiger partial charge in [-0.1, -0.05) is 48.5 Å². The van der Waals surface area contributed by atoms with E-state index in [0.717, 1.165) is 11.1 Å². The fourth-order valence-electron chi connectivity index (χ4n) is 3.14. The van der Waals surface area contributed by atoms with E-state index in [9.17, 15) is 4.79 Å². The van der Waals surface area contributed by atoms with Crippen LogP contribution in [0.15, 0.2) is 72.8 Å². The molecule has 0 N–H and O–H groups in total. The number of para-hydroxylation sites is 1. The number of carbonyl (C=O) groups excluding carboxylic acids is 1. The molecule has 0 atom stereocenters. The highest BCUT2D eigenvalue weighted by Gasteiger charge is 2.17. The van der Waals surface area contributed by atoms with Crippen LogP contribution in [-0.2, 0) is 13.2 Å². The molecule has 3 aromatic rings. The molecule has 0 unspecified atom stereocenters. The standard InChI is InChI=1S/C25H27NO4/c1-4-29-23-15-14-20(16-24(23)28-3)17-26(2)25(27)21-12-8-9-13-22(21)30-18-19-10-6-5-7-11-19/h5-16H,4,17-18H2,1-3H3. The van der Waals surface area contributed by atoms with Crippen LogP contribution in [0.1, 0.15) is 28.4 Å². The molecule has 3 rings (SSSR count). The molecule has 0 saturated heterocycles. The normalized spacial score (nSPS) is 10.4. The van der Waals surface area contributed by atoms with Crippen LogP contribution in [0.3, 0.4) is 0 Å². The average Bonchev–Trinajstić information content (AvgIpc) is 2.79. The Kier molecular flexibility index (Phi) is 7.33. The molecule has 0 aliphatic carbocycles. The van der Waals surface area contributed by atoms with Crippen LogP contribution in [0.2, 0.25) is 0 Å². The minimum Gasteiger partial charge on any atom is -0.493 e.